The first-order valence-corrected chi connectivity index (χ1v) is 5.28. The van der Waals surface area contributed by atoms with Gasteiger partial charge in [-0.25, -0.2) is 4.98 Å². The van der Waals surface area contributed by atoms with Crippen molar-refractivity contribution in [1.82, 2.24) is 19.9 Å². The molecule has 4 nitrogen and oxygen atoms in total. The second-order valence-electron chi connectivity index (χ2n) is 3.88. The number of hydrogen-bond acceptors (Lipinski definition) is 3. The lowest BCUT2D eigenvalue weighted by Crippen LogP contribution is -2.21. The topological polar surface area (TPSA) is 42.7 Å². The fourth-order valence-corrected chi connectivity index (χ4v) is 1.89. The lowest BCUT2D eigenvalue weighted by molar-refractivity contribution is 0.633. The summed E-state index contributed by atoms with van der Waals surface area (Å²) in [6, 6.07) is 2.16. The number of pyridine rings is 1. The molecule has 0 fully saturated rings. The summed E-state index contributed by atoms with van der Waals surface area (Å²) >= 11 is 0. The average molecular weight is 216 g/mol. The number of imidazole rings is 1. The van der Waals surface area contributed by atoms with Gasteiger partial charge in [0.2, 0.25) is 0 Å². The van der Waals surface area contributed by atoms with E-state index in [2.05, 4.69) is 22.2 Å². The molecule has 0 aliphatic carbocycles. The zero-order valence-corrected chi connectivity index (χ0v) is 9.81. The molecule has 0 radical (unpaired) electrons. The first-order valence-electron chi connectivity index (χ1n) is 5.28. The summed E-state index contributed by atoms with van der Waals surface area (Å²) < 4.78 is 2.02. The predicted molar refractivity (Wildman–Crippen MR) is 63.1 cm³/mol. The van der Waals surface area contributed by atoms with Gasteiger partial charge in [-0.1, -0.05) is 0 Å². The van der Waals surface area contributed by atoms with Gasteiger partial charge >= 0.3 is 0 Å². The van der Waals surface area contributed by atoms with E-state index in [0.29, 0.717) is 0 Å². The second-order valence-corrected chi connectivity index (χ2v) is 3.88. The van der Waals surface area contributed by atoms with Crippen molar-refractivity contribution in [2.75, 3.05) is 7.05 Å². The van der Waals surface area contributed by atoms with Crippen LogP contribution in [0.5, 0.6) is 0 Å². The van der Waals surface area contributed by atoms with Crippen molar-refractivity contribution >= 4 is 0 Å². The third-order valence-corrected chi connectivity index (χ3v) is 2.83. The van der Waals surface area contributed by atoms with E-state index in [9.17, 15) is 0 Å². The molecule has 4 heteroatoms. The molecule has 1 atom stereocenters. The Morgan fingerprint density at radius 2 is 2.12 bits per heavy atom. The molecule has 1 unspecified atom stereocenters. The highest BCUT2D eigenvalue weighted by Gasteiger charge is 2.16. The summed E-state index contributed by atoms with van der Waals surface area (Å²) in [5.41, 5.74) is 3.56. The summed E-state index contributed by atoms with van der Waals surface area (Å²) in [5, 5.41) is 3.30. The smallest absolute Gasteiger partial charge is 0.0946 e. The van der Waals surface area contributed by atoms with Gasteiger partial charge in [0, 0.05) is 19.4 Å². The van der Waals surface area contributed by atoms with Crippen LogP contribution in [-0.4, -0.2) is 21.6 Å². The molecule has 2 aromatic rings. The second kappa shape index (κ2) is 4.45. The molecule has 0 spiro atoms. The van der Waals surface area contributed by atoms with E-state index in [4.69, 9.17) is 0 Å². The van der Waals surface area contributed by atoms with Crippen molar-refractivity contribution in [2.24, 2.45) is 7.05 Å². The van der Waals surface area contributed by atoms with Crippen LogP contribution in [-0.2, 0) is 7.05 Å². The van der Waals surface area contributed by atoms with Crippen LogP contribution in [0, 0.1) is 6.92 Å². The van der Waals surface area contributed by atoms with E-state index in [1.807, 2.05) is 49.6 Å². The van der Waals surface area contributed by atoms with Gasteiger partial charge in [0.15, 0.2) is 0 Å². The molecule has 2 heterocycles. The first-order chi connectivity index (χ1) is 7.74. The number of aryl methyl sites for hydroxylation is 2. The quantitative estimate of drug-likeness (QED) is 0.844. The maximum Gasteiger partial charge on any atom is 0.0946 e. The standard InChI is InChI=1S/C12H16N4/c1-9-4-5-14-6-10(9)12(13-2)11-7-15-8-16(11)3/h4-8,12-13H,1-3H3. The largest absolute Gasteiger partial charge is 0.336 e. The minimum atomic E-state index is 0.140. The summed E-state index contributed by atoms with van der Waals surface area (Å²) in [6.07, 6.45) is 7.41. The molecule has 2 aromatic heterocycles. The van der Waals surface area contributed by atoms with Crippen molar-refractivity contribution < 1.29 is 0 Å². The molecule has 16 heavy (non-hydrogen) atoms. The molecule has 0 bridgehead atoms. The fourth-order valence-electron chi connectivity index (χ4n) is 1.89. The summed E-state index contributed by atoms with van der Waals surface area (Å²) in [5.74, 6) is 0. The molecular weight excluding hydrogens is 200 g/mol. The molecule has 0 aromatic carbocycles. The van der Waals surface area contributed by atoms with Crippen LogP contribution >= 0.6 is 0 Å². The highest BCUT2D eigenvalue weighted by Crippen LogP contribution is 2.22. The van der Waals surface area contributed by atoms with E-state index in [1.165, 1.54) is 11.1 Å². The van der Waals surface area contributed by atoms with Gasteiger partial charge in [0.05, 0.1) is 24.3 Å². The number of nitrogens with zero attached hydrogens (tertiary/aromatic N) is 3. The number of hydrogen-bond donors (Lipinski definition) is 1. The minimum absolute atomic E-state index is 0.140. The van der Waals surface area contributed by atoms with Crippen LogP contribution < -0.4 is 5.32 Å². The molecular formula is C12H16N4. The summed E-state index contributed by atoms with van der Waals surface area (Å²) in [4.78, 5) is 8.33. The van der Waals surface area contributed by atoms with Gasteiger partial charge in [0.25, 0.3) is 0 Å². The minimum Gasteiger partial charge on any atom is -0.336 e. The monoisotopic (exact) mass is 216 g/mol. The maximum atomic E-state index is 4.18. The third kappa shape index (κ3) is 1.84. The van der Waals surface area contributed by atoms with Gasteiger partial charge in [-0.15, -0.1) is 0 Å². The van der Waals surface area contributed by atoms with Gasteiger partial charge in [-0.05, 0) is 31.2 Å². The molecule has 2 rings (SSSR count). The Kier molecular flexibility index (Phi) is 3.01. The molecule has 0 amide bonds. The van der Waals surface area contributed by atoms with Crippen LogP contribution in [0.4, 0.5) is 0 Å². The van der Waals surface area contributed by atoms with Crippen molar-refractivity contribution in [2.45, 2.75) is 13.0 Å². The van der Waals surface area contributed by atoms with Gasteiger partial charge in [-0.2, -0.15) is 0 Å². The highest BCUT2D eigenvalue weighted by molar-refractivity contribution is 5.31. The van der Waals surface area contributed by atoms with Crippen molar-refractivity contribution in [3.05, 3.63) is 47.8 Å². The third-order valence-electron chi connectivity index (χ3n) is 2.83. The lowest BCUT2D eigenvalue weighted by Gasteiger charge is -2.18. The van der Waals surface area contributed by atoms with Gasteiger partial charge in [0.1, 0.15) is 0 Å². The van der Waals surface area contributed by atoms with E-state index < -0.39 is 0 Å². The number of nitrogens with one attached hydrogen (secondary N) is 1. The molecule has 0 aliphatic rings. The van der Waals surface area contributed by atoms with E-state index >= 15 is 0 Å². The molecule has 1 N–H and O–H groups in total. The fraction of sp³-hybridized carbons (Fsp3) is 0.333. The molecule has 0 aliphatic heterocycles. The van der Waals surface area contributed by atoms with Crippen molar-refractivity contribution in [3.63, 3.8) is 0 Å². The zero-order chi connectivity index (χ0) is 11.5. The van der Waals surface area contributed by atoms with E-state index in [1.54, 1.807) is 0 Å². The van der Waals surface area contributed by atoms with Crippen LogP contribution in [0.25, 0.3) is 0 Å². The highest BCUT2D eigenvalue weighted by atomic mass is 15.1. The van der Waals surface area contributed by atoms with Crippen LogP contribution in [0.15, 0.2) is 31.0 Å². The first kappa shape index (κ1) is 10.8. The Morgan fingerprint density at radius 3 is 2.69 bits per heavy atom. The average Bonchev–Trinajstić information content (AvgIpc) is 2.69. The molecule has 0 saturated heterocycles. The summed E-state index contributed by atoms with van der Waals surface area (Å²) in [6.45, 7) is 2.09. The summed E-state index contributed by atoms with van der Waals surface area (Å²) in [7, 11) is 3.95. The predicted octanol–water partition coefficient (Wildman–Crippen LogP) is 1.43. The van der Waals surface area contributed by atoms with Crippen molar-refractivity contribution in [1.29, 1.82) is 0 Å². The Bertz CT molecular complexity index is 475. The Labute approximate surface area is 95.4 Å². The number of rotatable bonds is 3. The van der Waals surface area contributed by atoms with Crippen LogP contribution in [0.2, 0.25) is 0 Å². The van der Waals surface area contributed by atoms with E-state index in [0.717, 1.165) is 5.69 Å². The number of aromatic nitrogens is 3. The maximum absolute atomic E-state index is 4.18. The van der Waals surface area contributed by atoms with E-state index in [-0.39, 0.29) is 6.04 Å². The van der Waals surface area contributed by atoms with Crippen LogP contribution in [0.1, 0.15) is 22.9 Å². The zero-order valence-electron chi connectivity index (χ0n) is 9.81. The molecule has 84 valence electrons. The Hall–Kier alpha value is -1.68. The van der Waals surface area contributed by atoms with Crippen molar-refractivity contribution in [3.8, 4) is 0 Å². The Morgan fingerprint density at radius 1 is 1.31 bits per heavy atom. The van der Waals surface area contributed by atoms with Gasteiger partial charge in [-0.3, -0.25) is 4.98 Å². The SMILES string of the molecule is CNC(c1cnccc1C)c1cncn1C. The van der Waals surface area contributed by atoms with Gasteiger partial charge < -0.3 is 9.88 Å². The lowest BCUT2D eigenvalue weighted by atomic mass is 10.0. The Balaban J connectivity index is 2.45. The molecule has 0 saturated carbocycles. The van der Waals surface area contributed by atoms with Crippen LogP contribution in [0.3, 0.4) is 0 Å². The normalized spacial score (nSPS) is 12.7.